The van der Waals surface area contributed by atoms with E-state index in [-0.39, 0.29) is 32.7 Å². The van der Waals surface area contributed by atoms with Crippen molar-refractivity contribution in [2.45, 2.75) is 87.1 Å². The van der Waals surface area contributed by atoms with Crippen molar-refractivity contribution in [2.75, 3.05) is 46.8 Å². The van der Waals surface area contributed by atoms with Gasteiger partial charge in [-0.1, -0.05) is 6.92 Å². The zero-order valence-corrected chi connectivity index (χ0v) is 25.4. The second-order valence-corrected chi connectivity index (χ2v) is 13.0. The van der Waals surface area contributed by atoms with Crippen LogP contribution in [0.1, 0.15) is 81.1 Å². The molecular formula is C26H50O10Si. The zero-order chi connectivity index (χ0) is 28.8. The van der Waals surface area contributed by atoms with Crippen LogP contribution >= 0.6 is 0 Å². The van der Waals surface area contributed by atoms with Gasteiger partial charge in [-0.05, 0) is 74.1 Å². The van der Waals surface area contributed by atoms with E-state index in [0.29, 0.717) is 38.7 Å². The molecule has 0 saturated heterocycles. The van der Waals surface area contributed by atoms with Crippen LogP contribution in [-0.4, -0.2) is 78.6 Å². The van der Waals surface area contributed by atoms with Gasteiger partial charge >= 0.3 is 26.7 Å². The van der Waals surface area contributed by atoms with Crippen LogP contribution < -0.4 is 0 Å². The Labute approximate surface area is 224 Å². The van der Waals surface area contributed by atoms with Crippen LogP contribution in [0.15, 0.2) is 0 Å². The maximum Gasteiger partial charge on any atom is 0.501 e. The highest BCUT2D eigenvalue weighted by Gasteiger charge is 2.50. The van der Waals surface area contributed by atoms with Gasteiger partial charge in [0.15, 0.2) is 0 Å². The molecule has 0 aromatic heterocycles. The fourth-order valence-corrected chi connectivity index (χ4v) is 7.25. The summed E-state index contributed by atoms with van der Waals surface area (Å²) in [6, 6.07) is 0.486. The van der Waals surface area contributed by atoms with E-state index in [2.05, 4.69) is 0 Å². The molecule has 0 radical (unpaired) electrons. The molecule has 0 amide bonds. The number of esters is 3. The van der Waals surface area contributed by atoms with Gasteiger partial charge in [0, 0.05) is 25.9 Å². The van der Waals surface area contributed by atoms with Crippen molar-refractivity contribution in [3.63, 3.8) is 0 Å². The summed E-state index contributed by atoms with van der Waals surface area (Å²) in [6.07, 6.45) is 1.10. The van der Waals surface area contributed by atoms with Crippen LogP contribution in [0.5, 0.6) is 0 Å². The topological polar surface area (TPSA) is 127 Å². The van der Waals surface area contributed by atoms with Gasteiger partial charge in [-0.15, -0.1) is 0 Å². The first kappa shape index (κ1) is 35.5. The van der Waals surface area contributed by atoms with Gasteiger partial charge in [-0.3, -0.25) is 14.4 Å². The lowest BCUT2D eigenvalue weighted by Crippen LogP contribution is -2.46. The highest BCUT2D eigenvalue weighted by atomic mass is 28.4. The number of methoxy groups -OCH3 is 1. The number of ether oxygens (including phenoxy) is 3. The van der Waals surface area contributed by atoms with Gasteiger partial charge in [0.2, 0.25) is 0 Å². The van der Waals surface area contributed by atoms with E-state index in [4.69, 9.17) is 32.6 Å². The Hall–Kier alpha value is -1.53. The van der Waals surface area contributed by atoms with Gasteiger partial charge in [0.25, 0.3) is 0 Å². The number of aliphatic hydroxyl groups is 1. The van der Waals surface area contributed by atoms with Gasteiger partial charge < -0.3 is 32.6 Å². The van der Waals surface area contributed by atoms with Crippen molar-refractivity contribution >= 4 is 26.7 Å². The maximum absolute atomic E-state index is 13.5. The predicted molar refractivity (Wildman–Crippen MR) is 141 cm³/mol. The van der Waals surface area contributed by atoms with Crippen molar-refractivity contribution < 1.29 is 47.0 Å². The van der Waals surface area contributed by atoms with Gasteiger partial charge in [0.1, 0.15) is 6.61 Å². The van der Waals surface area contributed by atoms with Crippen LogP contribution in [-0.2, 0) is 41.9 Å². The molecule has 0 aliphatic rings. The Balaban J connectivity index is 5.78. The second-order valence-electron chi connectivity index (χ2n) is 10.3. The lowest BCUT2D eigenvalue weighted by Gasteiger charge is -2.39. The molecule has 2 unspecified atom stereocenters. The Bertz CT molecular complexity index is 696. The van der Waals surface area contributed by atoms with Crippen LogP contribution in [0.4, 0.5) is 0 Å². The zero-order valence-electron chi connectivity index (χ0n) is 24.4. The van der Waals surface area contributed by atoms with Crippen LogP contribution in [0.2, 0.25) is 6.04 Å². The number of rotatable bonds is 20. The average molecular weight is 551 g/mol. The first-order chi connectivity index (χ1) is 17.2. The molecule has 10 nitrogen and oxygen atoms in total. The lowest BCUT2D eigenvalue weighted by atomic mass is 9.65. The van der Waals surface area contributed by atoms with Gasteiger partial charge in [-0.25, -0.2) is 0 Å². The van der Waals surface area contributed by atoms with Crippen LogP contribution in [0, 0.1) is 16.2 Å². The lowest BCUT2D eigenvalue weighted by molar-refractivity contribution is -0.168. The summed E-state index contributed by atoms with van der Waals surface area (Å²) in [7, 11) is -1.56. The van der Waals surface area contributed by atoms with Crippen molar-refractivity contribution in [3.05, 3.63) is 0 Å². The summed E-state index contributed by atoms with van der Waals surface area (Å²) in [5, 5.41) is 9.03. The molecule has 2 atom stereocenters. The molecule has 218 valence electrons. The average Bonchev–Trinajstić information content (AvgIpc) is 2.84. The summed E-state index contributed by atoms with van der Waals surface area (Å²) >= 11 is 0. The highest BCUT2D eigenvalue weighted by molar-refractivity contribution is 6.60. The monoisotopic (exact) mass is 550 g/mol. The van der Waals surface area contributed by atoms with E-state index in [0.717, 1.165) is 0 Å². The molecule has 37 heavy (non-hydrogen) atoms. The number of carbonyl (C=O) groups excluding carboxylic acids is 3. The molecule has 0 heterocycles. The Kier molecular flexibility index (Phi) is 15.8. The normalized spacial score (nSPS) is 15.4. The minimum absolute atomic E-state index is 0.0746. The van der Waals surface area contributed by atoms with Crippen LogP contribution in [0.25, 0.3) is 0 Å². The van der Waals surface area contributed by atoms with Gasteiger partial charge in [-0.2, -0.15) is 0 Å². The summed E-state index contributed by atoms with van der Waals surface area (Å²) in [5.74, 6) is -1.50. The molecule has 0 spiro atoms. The summed E-state index contributed by atoms with van der Waals surface area (Å²) in [5.41, 5.74) is -3.24. The molecule has 1 N–H and O–H groups in total. The predicted octanol–water partition coefficient (Wildman–Crippen LogP) is 3.91. The van der Waals surface area contributed by atoms with Crippen LogP contribution in [0.3, 0.4) is 0 Å². The molecule has 11 heteroatoms. The molecule has 0 aromatic carbocycles. The maximum atomic E-state index is 13.5. The molecule has 0 aliphatic heterocycles. The summed E-state index contributed by atoms with van der Waals surface area (Å²) in [6.45, 7) is 15.3. The molecule has 0 aromatic rings. The Morgan fingerprint density at radius 2 is 1.24 bits per heavy atom. The number of carbonyl (C=O) groups is 3. The molecular weight excluding hydrogens is 500 g/mol. The van der Waals surface area contributed by atoms with E-state index >= 15 is 0 Å². The second kappa shape index (κ2) is 16.4. The van der Waals surface area contributed by atoms with E-state index in [1.54, 1.807) is 27.7 Å². The Morgan fingerprint density at radius 1 is 0.730 bits per heavy atom. The Morgan fingerprint density at radius 3 is 1.68 bits per heavy atom. The minimum atomic E-state index is -2.88. The number of hydrogen-bond acceptors (Lipinski definition) is 10. The highest BCUT2D eigenvalue weighted by Crippen LogP contribution is 2.45. The first-order valence-corrected chi connectivity index (χ1v) is 15.1. The number of aliphatic hydroxyl groups excluding tert-OH is 1. The quantitative estimate of drug-likeness (QED) is 0.103. The van der Waals surface area contributed by atoms with Crippen molar-refractivity contribution in [1.82, 2.24) is 0 Å². The van der Waals surface area contributed by atoms with E-state index in [1.807, 2.05) is 27.7 Å². The van der Waals surface area contributed by atoms with E-state index in [1.165, 1.54) is 7.11 Å². The number of hydrogen-bond donors (Lipinski definition) is 1. The largest absolute Gasteiger partial charge is 0.501 e. The fraction of sp³-hybridized carbons (Fsp3) is 0.885. The van der Waals surface area contributed by atoms with Crippen molar-refractivity contribution in [2.24, 2.45) is 16.2 Å². The molecule has 0 bridgehead atoms. The third-order valence-electron chi connectivity index (χ3n) is 6.39. The molecule has 0 rings (SSSR count). The van der Waals surface area contributed by atoms with E-state index in [9.17, 15) is 14.4 Å². The SMILES string of the molecule is CCO[Si](CCCOC(=O)C(C)(CC(C)(C)C(=O)OCCO)CC(C)(CC)C(=O)OC)(OCC)OCC. The van der Waals surface area contributed by atoms with Crippen molar-refractivity contribution in [1.29, 1.82) is 0 Å². The third kappa shape index (κ3) is 11.0. The molecule has 0 aliphatic carbocycles. The fourth-order valence-electron chi connectivity index (χ4n) is 4.67. The van der Waals surface area contributed by atoms with E-state index < -0.39 is 43.0 Å². The molecule has 0 saturated carbocycles. The molecule has 0 fully saturated rings. The minimum Gasteiger partial charge on any atom is -0.469 e. The standard InChI is InChI=1S/C26H50O10Si/c1-10-25(7,22(29)31-9)20-26(8,19-24(5,6)21(28)33-17-15-27)23(30)32-16-14-18-37(34-11-2,35-12-3)36-13-4/h27H,10-20H2,1-9H3. The summed E-state index contributed by atoms with van der Waals surface area (Å²) < 4.78 is 33.5. The van der Waals surface area contributed by atoms with Gasteiger partial charge in [0.05, 0.1) is 36.6 Å². The summed E-state index contributed by atoms with van der Waals surface area (Å²) in [4.78, 5) is 38.9. The van der Waals surface area contributed by atoms with Crippen molar-refractivity contribution in [3.8, 4) is 0 Å². The third-order valence-corrected chi connectivity index (χ3v) is 9.55. The smallest absolute Gasteiger partial charge is 0.469 e. The first-order valence-electron chi connectivity index (χ1n) is 13.2.